The monoisotopic (exact) mass is 653 g/mol. The van der Waals surface area contributed by atoms with Crippen LogP contribution in [0.25, 0.3) is 0 Å². The summed E-state index contributed by atoms with van der Waals surface area (Å²) < 4.78 is 0. The minimum Gasteiger partial charge on any atom is -3.00 e. The van der Waals surface area contributed by atoms with Gasteiger partial charge in [0, 0.05) is 0 Å². The minimum atomic E-state index is 0. The van der Waals surface area contributed by atoms with Crippen molar-refractivity contribution in [3.8, 4) is 0 Å². The molecular formula is As4Cu3Mn3. The molecule has 0 unspecified atom stereocenters. The Kier molecular flexibility index (Phi) is 987. The van der Waals surface area contributed by atoms with Gasteiger partial charge in [-0.1, -0.05) is 0 Å². The molecule has 0 saturated carbocycles. The zero-order valence-corrected chi connectivity index (χ0v) is 17.7. The molecule has 6 radical (unpaired) electrons. The first-order valence-corrected chi connectivity index (χ1v) is 0. The van der Waals surface area contributed by atoms with Crippen molar-refractivity contribution < 1.29 is 102 Å². The second-order valence-electron chi connectivity index (χ2n) is 0. The van der Waals surface area contributed by atoms with Crippen LogP contribution in [-0.4, -0.2) is 71.8 Å². The molecule has 10 heteroatoms. The molecule has 0 aromatic rings. The van der Waals surface area contributed by atoms with Crippen LogP contribution in [0.15, 0.2) is 0 Å². The summed E-state index contributed by atoms with van der Waals surface area (Å²) >= 11 is 0. The van der Waals surface area contributed by atoms with Crippen molar-refractivity contribution in [2.45, 2.75) is 0 Å². The predicted octanol–water partition coefficient (Wildman–Crippen LogP) is -1.54. The molecule has 0 nitrogen and oxygen atoms in total. The number of hydrogen-bond donors (Lipinski definition) is 0. The van der Waals surface area contributed by atoms with Gasteiger partial charge in [-0.15, -0.1) is 0 Å². The van der Waals surface area contributed by atoms with E-state index in [0.29, 0.717) is 0 Å². The van der Waals surface area contributed by atoms with Gasteiger partial charge >= 0.3 is 102 Å². The van der Waals surface area contributed by atoms with E-state index in [4.69, 9.17) is 0 Å². The Morgan fingerprint density at radius 3 is 0.300 bits per heavy atom. The first kappa shape index (κ1) is 110. The average molecular weight is 655 g/mol. The van der Waals surface area contributed by atoms with Crippen molar-refractivity contribution in [1.82, 2.24) is 0 Å². The Balaban J connectivity index is 0. The van der Waals surface area contributed by atoms with E-state index in [0.717, 1.165) is 0 Å². The summed E-state index contributed by atoms with van der Waals surface area (Å²) in [6.45, 7) is 0. The molecule has 0 saturated heterocycles. The van der Waals surface area contributed by atoms with E-state index in [1.54, 1.807) is 0 Å². The molecular weight excluding hydrogens is 655 g/mol. The maximum atomic E-state index is 0. The Labute approximate surface area is 171 Å². The largest absolute Gasteiger partial charge is 3.00 e. The Bertz CT molecular complexity index is 15.7. The Morgan fingerprint density at radius 2 is 0.300 bits per heavy atom. The van der Waals surface area contributed by atoms with Gasteiger partial charge in [0.1, 0.15) is 0 Å². The van der Waals surface area contributed by atoms with E-state index < -0.39 is 0 Å². The molecule has 0 fully saturated rings. The van der Waals surface area contributed by atoms with Gasteiger partial charge < -0.3 is 71.8 Å². The zero-order valence-electron chi connectivity index (χ0n) is 3.83. The topological polar surface area (TPSA) is 0 Å². The molecule has 0 aromatic heterocycles. The smallest absolute Gasteiger partial charge is 2.00 e. The first-order valence-electron chi connectivity index (χ1n) is 0. The van der Waals surface area contributed by atoms with Gasteiger partial charge in [-0.25, -0.2) is 0 Å². The maximum Gasteiger partial charge on any atom is 2.00 e. The van der Waals surface area contributed by atoms with Gasteiger partial charge in [0.25, 0.3) is 0 Å². The van der Waals surface area contributed by atoms with Crippen molar-refractivity contribution in [3.63, 3.8) is 0 Å². The molecule has 0 heterocycles. The van der Waals surface area contributed by atoms with Gasteiger partial charge in [0.2, 0.25) is 0 Å². The summed E-state index contributed by atoms with van der Waals surface area (Å²) in [4.78, 5) is 0. The van der Waals surface area contributed by atoms with Crippen LogP contribution in [0, 0.1) is 0 Å². The van der Waals surface area contributed by atoms with E-state index in [1.807, 2.05) is 0 Å². The standard InChI is InChI=1S/4As.3Cu.3Mn/q4*-3;6*+2. The van der Waals surface area contributed by atoms with Crippen LogP contribution in [0.5, 0.6) is 0 Å². The molecule has 0 spiro atoms. The third kappa shape index (κ3) is 71.1. The predicted molar refractivity (Wildman–Crippen MR) is 23.0 cm³/mol. The van der Waals surface area contributed by atoms with Crippen molar-refractivity contribution in [1.29, 1.82) is 0 Å². The van der Waals surface area contributed by atoms with Crippen LogP contribution in [0.2, 0.25) is 0 Å². The fourth-order valence-corrected chi connectivity index (χ4v) is 0. The van der Waals surface area contributed by atoms with Crippen LogP contribution >= 0.6 is 0 Å². The fraction of sp³-hybridized carbons (Fsp3) is 0. The minimum absolute atomic E-state index is 0. The molecule has 0 aromatic carbocycles. The summed E-state index contributed by atoms with van der Waals surface area (Å²) in [6.07, 6.45) is 0. The summed E-state index contributed by atoms with van der Waals surface area (Å²) in [6, 6.07) is 0. The van der Waals surface area contributed by atoms with Gasteiger partial charge in [-0.3, -0.25) is 0 Å². The van der Waals surface area contributed by atoms with Crippen LogP contribution in [0.4, 0.5) is 0 Å². The van der Waals surface area contributed by atoms with Crippen molar-refractivity contribution in [2.75, 3.05) is 0 Å². The van der Waals surface area contributed by atoms with E-state index >= 15 is 0 Å². The summed E-state index contributed by atoms with van der Waals surface area (Å²) in [5.41, 5.74) is 0. The number of hydrogen-bond acceptors (Lipinski definition) is 0. The number of rotatable bonds is 0. The second kappa shape index (κ2) is 89.3. The van der Waals surface area contributed by atoms with Crippen LogP contribution in [0.3, 0.4) is 0 Å². The van der Waals surface area contributed by atoms with Crippen molar-refractivity contribution in [3.05, 3.63) is 0 Å². The van der Waals surface area contributed by atoms with Gasteiger partial charge in [-0.05, 0) is 0 Å². The summed E-state index contributed by atoms with van der Waals surface area (Å²) in [5, 5.41) is 0. The SMILES string of the molecule is [As-3].[As-3].[As-3].[As-3].[Cu+2].[Cu+2].[Cu+2].[Mn+2].[Mn+2].[Mn+2]. The molecule has 10 heavy (non-hydrogen) atoms. The molecule has 0 aliphatic heterocycles. The molecule has 0 amide bonds. The van der Waals surface area contributed by atoms with E-state index in [9.17, 15) is 0 Å². The second-order valence-corrected chi connectivity index (χ2v) is 0. The van der Waals surface area contributed by atoms with E-state index in [2.05, 4.69) is 0 Å². The molecule has 0 aliphatic carbocycles. The molecule has 0 bridgehead atoms. The Morgan fingerprint density at radius 1 is 0.300 bits per heavy atom. The molecule has 0 N–H and O–H groups in total. The van der Waals surface area contributed by atoms with Gasteiger partial charge in [0.05, 0.1) is 0 Å². The molecule has 74 valence electrons. The molecule has 0 rings (SSSR count). The van der Waals surface area contributed by atoms with Gasteiger partial charge in [-0.2, -0.15) is 0 Å². The first-order chi connectivity index (χ1) is 0. The van der Waals surface area contributed by atoms with Crippen LogP contribution in [0.1, 0.15) is 0 Å². The molecule has 0 aliphatic rings. The van der Waals surface area contributed by atoms with Crippen molar-refractivity contribution >= 4 is 71.8 Å². The summed E-state index contributed by atoms with van der Waals surface area (Å²) in [7, 11) is 0. The van der Waals surface area contributed by atoms with E-state index in [-0.39, 0.29) is 174 Å². The van der Waals surface area contributed by atoms with Crippen LogP contribution < -0.4 is 0 Å². The summed E-state index contributed by atoms with van der Waals surface area (Å²) in [5.74, 6) is 0. The molecule has 0 atom stereocenters. The third-order valence-electron chi connectivity index (χ3n) is 0. The Hall–Kier alpha value is 5.35. The van der Waals surface area contributed by atoms with E-state index in [1.165, 1.54) is 0 Å². The third-order valence-corrected chi connectivity index (χ3v) is 0. The van der Waals surface area contributed by atoms with Crippen molar-refractivity contribution in [2.24, 2.45) is 0 Å². The maximum absolute atomic E-state index is 0. The van der Waals surface area contributed by atoms with Gasteiger partial charge in [0.15, 0.2) is 0 Å². The fourth-order valence-electron chi connectivity index (χ4n) is 0. The zero-order chi connectivity index (χ0) is 0. The average Bonchev–Trinajstić information content (AvgIpc) is 0. The normalized spacial score (nSPS) is 0. The van der Waals surface area contributed by atoms with Crippen LogP contribution in [-0.2, 0) is 102 Å². The quantitative estimate of drug-likeness (QED) is 0.278.